The van der Waals surface area contributed by atoms with Gasteiger partial charge in [-0.1, -0.05) is 36.5 Å². The molecule has 100 valence electrons. The highest BCUT2D eigenvalue weighted by atomic mass is 79.9. The SMILES string of the molecule is CCCCC(Oc1cc(Cl)c(Br)cc1Cl)C(=O)O. The van der Waals surface area contributed by atoms with Crippen LogP contribution in [0.25, 0.3) is 0 Å². The van der Waals surface area contributed by atoms with Crippen LogP contribution in [0.1, 0.15) is 26.2 Å². The number of hydrogen-bond donors (Lipinski definition) is 1. The van der Waals surface area contributed by atoms with E-state index in [0.29, 0.717) is 20.9 Å². The van der Waals surface area contributed by atoms with E-state index in [1.807, 2.05) is 6.92 Å². The van der Waals surface area contributed by atoms with Gasteiger partial charge in [-0.25, -0.2) is 4.79 Å². The van der Waals surface area contributed by atoms with Crippen molar-refractivity contribution in [2.24, 2.45) is 0 Å². The second-order valence-electron chi connectivity index (χ2n) is 3.78. The van der Waals surface area contributed by atoms with Crippen LogP contribution in [0.5, 0.6) is 5.75 Å². The third-order valence-corrected chi connectivity index (χ3v) is 3.83. The number of aliphatic carboxylic acids is 1. The third-order valence-electron chi connectivity index (χ3n) is 2.34. The molecule has 1 aromatic rings. The summed E-state index contributed by atoms with van der Waals surface area (Å²) >= 11 is 15.1. The molecule has 0 aliphatic rings. The lowest BCUT2D eigenvalue weighted by Gasteiger charge is -2.16. The van der Waals surface area contributed by atoms with Crippen LogP contribution in [0, 0.1) is 0 Å². The summed E-state index contributed by atoms with van der Waals surface area (Å²) in [6.07, 6.45) is 1.22. The summed E-state index contributed by atoms with van der Waals surface area (Å²) in [5.74, 6) is -0.716. The highest BCUT2D eigenvalue weighted by Gasteiger charge is 2.20. The van der Waals surface area contributed by atoms with Crippen LogP contribution in [0.4, 0.5) is 0 Å². The van der Waals surface area contributed by atoms with Crippen molar-refractivity contribution in [1.82, 2.24) is 0 Å². The molecule has 0 aliphatic heterocycles. The first-order chi connectivity index (χ1) is 8.45. The lowest BCUT2D eigenvalue weighted by atomic mass is 10.1. The summed E-state index contributed by atoms with van der Waals surface area (Å²) in [5, 5.41) is 9.82. The van der Waals surface area contributed by atoms with Gasteiger partial charge in [0, 0.05) is 10.5 Å². The Kier molecular flexibility index (Phi) is 6.26. The topological polar surface area (TPSA) is 46.5 Å². The molecule has 6 heteroatoms. The van der Waals surface area contributed by atoms with Crippen molar-refractivity contribution in [3.05, 3.63) is 26.7 Å². The fourth-order valence-corrected chi connectivity index (χ4v) is 2.21. The van der Waals surface area contributed by atoms with Crippen molar-refractivity contribution in [2.45, 2.75) is 32.3 Å². The molecule has 0 saturated carbocycles. The Labute approximate surface area is 124 Å². The number of halogens is 3. The number of ether oxygens (including phenoxy) is 1. The van der Waals surface area contributed by atoms with Gasteiger partial charge in [0.05, 0.1) is 10.0 Å². The van der Waals surface area contributed by atoms with Gasteiger partial charge in [0.2, 0.25) is 0 Å². The van der Waals surface area contributed by atoms with E-state index in [4.69, 9.17) is 33.0 Å². The molecule has 1 aromatic carbocycles. The van der Waals surface area contributed by atoms with Crippen molar-refractivity contribution < 1.29 is 14.6 Å². The molecule has 18 heavy (non-hydrogen) atoms. The molecule has 0 heterocycles. The highest BCUT2D eigenvalue weighted by Crippen LogP contribution is 2.34. The van der Waals surface area contributed by atoms with Gasteiger partial charge in [-0.2, -0.15) is 0 Å². The number of carbonyl (C=O) groups is 1. The van der Waals surface area contributed by atoms with Gasteiger partial charge in [-0.05, 0) is 34.8 Å². The maximum absolute atomic E-state index is 11.1. The second kappa shape index (κ2) is 7.22. The lowest BCUT2D eigenvalue weighted by Crippen LogP contribution is -2.27. The average molecular weight is 356 g/mol. The van der Waals surface area contributed by atoms with E-state index in [0.717, 1.165) is 12.8 Å². The minimum atomic E-state index is -1.00. The predicted octanol–water partition coefficient (Wildman–Crippen LogP) is 4.78. The molecule has 0 amide bonds. The van der Waals surface area contributed by atoms with E-state index >= 15 is 0 Å². The number of benzene rings is 1. The third kappa shape index (κ3) is 4.34. The fourth-order valence-electron chi connectivity index (χ4n) is 1.37. The van der Waals surface area contributed by atoms with E-state index in [1.54, 1.807) is 6.07 Å². The minimum Gasteiger partial charge on any atom is -0.479 e. The monoisotopic (exact) mass is 354 g/mol. The standard InChI is InChI=1S/C12H13BrCl2O3/c1-2-3-4-10(12(16)17)18-11-6-8(14)7(13)5-9(11)15/h5-6,10H,2-4H2,1H3,(H,16,17). The Bertz CT molecular complexity index is 438. The van der Waals surface area contributed by atoms with Gasteiger partial charge in [0.1, 0.15) is 5.75 Å². The summed E-state index contributed by atoms with van der Waals surface area (Å²) in [6, 6.07) is 3.09. The van der Waals surface area contributed by atoms with Gasteiger partial charge in [-0.15, -0.1) is 0 Å². The molecule has 3 nitrogen and oxygen atoms in total. The Morgan fingerprint density at radius 2 is 2.11 bits per heavy atom. The van der Waals surface area contributed by atoms with Gasteiger partial charge in [0.15, 0.2) is 6.10 Å². The summed E-state index contributed by atoms with van der Waals surface area (Å²) < 4.78 is 6.05. The number of carboxylic acid groups (broad SMARTS) is 1. The first-order valence-corrected chi connectivity index (χ1v) is 7.04. The zero-order chi connectivity index (χ0) is 13.7. The molecule has 0 aliphatic carbocycles. The molecule has 0 aromatic heterocycles. The molecule has 0 fully saturated rings. The predicted molar refractivity (Wildman–Crippen MR) is 75.7 cm³/mol. The van der Waals surface area contributed by atoms with E-state index in [9.17, 15) is 4.79 Å². The maximum atomic E-state index is 11.1. The summed E-state index contributed by atoms with van der Waals surface area (Å²) in [6.45, 7) is 1.99. The molecule has 0 saturated heterocycles. The Balaban J connectivity index is 2.86. The average Bonchev–Trinajstić information content (AvgIpc) is 2.30. The summed E-state index contributed by atoms with van der Waals surface area (Å²) in [7, 11) is 0. The van der Waals surface area contributed by atoms with Crippen LogP contribution in [0.2, 0.25) is 10.0 Å². The van der Waals surface area contributed by atoms with Crippen LogP contribution in [0.3, 0.4) is 0 Å². The molecule has 1 rings (SSSR count). The Morgan fingerprint density at radius 3 is 2.67 bits per heavy atom. The summed E-state index contributed by atoms with van der Waals surface area (Å²) in [5.41, 5.74) is 0. The van der Waals surface area contributed by atoms with E-state index < -0.39 is 12.1 Å². The largest absolute Gasteiger partial charge is 0.479 e. The normalized spacial score (nSPS) is 12.2. The van der Waals surface area contributed by atoms with E-state index in [2.05, 4.69) is 15.9 Å². The number of carboxylic acids is 1. The first-order valence-electron chi connectivity index (χ1n) is 5.49. The summed E-state index contributed by atoms with van der Waals surface area (Å²) in [4.78, 5) is 11.1. The molecule has 0 spiro atoms. The number of hydrogen-bond acceptors (Lipinski definition) is 2. The fraction of sp³-hybridized carbons (Fsp3) is 0.417. The van der Waals surface area contributed by atoms with Crippen LogP contribution in [-0.2, 0) is 4.79 Å². The van der Waals surface area contributed by atoms with Crippen LogP contribution in [-0.4, -0.2) is 17.2 Å². The molecular formula is C12H13BrCl2O3. The zero-order valence-corrected chi connectivity index (χ0v) is 12.8. The lowest BCUT2D eigenvalue weighted by molar-refractivity contribution is -0.145. The van der Waals surface area contributed by atoms with Crippen LogP contribution < -0.4 is 4.74 Å². The van der Waals surface area contributed by atoms with Crippen molar-refractivity contribution in [2.75, 3.05) is 0 Å². The minimum absolute atomic E-state index is 0.286. The van der Waals surface area contributed by atoms with E-state index in [1.165, 1.54) is 6.07 Å². The van der Waals surface area contributed by atoms with Gasteiger partial charge in [0.25, 0.3) is 0 Å². The molecule has 1 atom stereocenters. The van der Waals surface area contributed by atoms with Crippen LogP contribution in [0.15, 0.2) is 16.6 Å². The Morgan fingerprint density at radius 1 is 1.44 bits per heavy atom. The smallest absolute Gasteiger partial charge is 0.344 e. The highest BCUT2D eigenvalue weighted by molar-refractivity contribution is 9.10. The number of rotatable bonds is 6. The molecule has 1 N–H and O–H groups in total. The van der Waals surface area contributed by atoms with Crippen molar-refractivity contribution in [3.8, 4) is 5.75 Å². The maximum Gasteiger partial charge on any atom is 0.344 e. The van der Waals surface area contributed by atoms with E-state index in [-0.39, 0.29) is 5.75 Å². The second-order valence-corrected chi connectivity index (χ2v) is 5.45. The molecular weight excluding hydrogens is 343 g/mol. The van der Waals surface area contributed by atoms with Crippen LogP contribution >= 0.6 is 39.1 Å². The van der Waals surface area contributed by atoms with Crippen molar-refractivity contribution in [1.29, 1.82) is 0 Å². The Hall–Kier alpha value is -0.450. The first kappa shape index (κ1) is 15.6. The zero-order valence-electron chi connectivity index (χ0n) is 9.75. The van der Waals surface area contributed by atoms with Crippen molar-refractivity contribution in [3.63, 3.8) is 0 Å². The van der Waals surface area contributed by atoms with Gasteiger partial charge >= 0.3 is 5.97 Å². The van der Waals surface area contributed by atoms with Gasteiger partial charge < -0.3 is 9.84 Å². The quantitative estimate of drug-likeness (QED) is 0.747. The number of unbranched alkanes of at least 4 members (excludes halogenated alkanes) is 1. The van der Waals surface area contributed by atoms with Gasteiger partial charge in [-0.3, -0.25) is 0 Å². The molecule has 1 unspecified atom stereocenters. The molecule has 0 radical (unpaired) electrons. The van der Waals surface area contributed by atoms with Crippen molar-refractivity contribution >= 4 is 45.1 Å². The molecule has 0 bridgehead atoms.